The van der Waals surface area contributed by atoms with Crippen LogP contribution in [-0.4, -0.2) is 25.0 Å². The minimum Gasteiger partial charge on any atom is -0.323 e. The van der Waals surface area contributed by atoms with Crippen LogP contribution in [0.3, 0.4) is 0 Å². The Bertz CT molecular complexity index is 347. The van der Waals surface area contributed by atoms with Gasteiger partial charge < -0.3 is 10.6 Å². The lowest BCUT2D eigenvalue weighted by Gasteiger charge is -2.22. The maximum Gasteiger partial charge on any atom is 0.0426 e. The molecule has 0 saturated carbocycles. The zero-order valence-corrected chi connectivity index (χ0v) is 11.7. The summed E-state index contributed by atoms with van der Waals surface area (Å²) in [5.41, 5.74) is 10.2. The third-order valence-electron chi connectivity index (χ3n) is 3.23. The SMILES string of the molecule is CCCCN(C)CC(N)c1ccc(C)cc1C. The highest BCUT2D eigenvalue weighted by Gasteiger charge is 2.11. The monoisotopic (exact) mass is 234 g/mol. The van der Waals surface area contributed by atoms with Crippen LogP contribution in [-0.2, 0) is 0 Å². The van der Waals surface area contributed by atoms with Gasteiger partial charge in [0.25, 0.3) is 0 Å². The van der Waals surface area contributed by atoms with Crippen molar-refractivity contribution >= 4 is 0 Å². The molecule has 0 aromatic heterocycles. The molecule has 1 aromatic carbocycles. The van der Waals surface area contributed by atoms with Gasteiger partial charge >= 0.3 is 0 Å². The number of hydrogen-bond acceptors (Lipinski definition) is 2. The van der Waals surface area contributed by atoms with Gasteiger partial charge in [0.2, 0.25) is 0 Å². The van der Waals surface area contributed by atoms with E-state index in [0.29, 0.717) is 0 Å². The topological polar surface area (TPSA) is 29.3 Å². The van der Waals surface area contributed by atoms with E-state index in [4.69, 9.17) is 5.73 Å². The van der Waals surface area contributed by atoms with Crippen molar-refractivity contribution in [2.75, 3.05) is 20.1 Å². The highest BCUT2D eigenvalue weighted by atomic mass is 15.1. The van der Waals surface area contributed by atoms with Crippen LogP contribution in [0, 0.1) is 13.8 Å². The molecule has 0 bridgehead atoms. The molecule has 1 atom stereocenters. The van der Waals surface area contributed by atoms with Gasteiger partial charge in [-0.2, -0.15) is 0 Å². The van der Waals surface area contributed by atoms with E-state index >= 15 is 0 Å². The number of nitrogens with zero attached hydrogens (tertiary/aromatic N) is 1. The quantitative estimate of drug-likeness (QED) is 0.819. The molecule has 2 heteroatoms. The second-order valence-corrected chi connectivity index (χ2v) is 5.08. The predicted octanol–water partition coefficient (Wildman–Crippen LogP) is 3.04. The Morgan fingerprint density at radius 3 is 2.59 bits per heavy atom. The average Bonchev–Trinajstić information content (AvgIpc) is 2.26. The first-order valence-electron chi connectivity index (χ1n) is 6.56. The summed E-state index contributed by atoms with van der Waals surface area (Å²) in [4.78, 5) is 2.33. The Balaban J connectivity index is 2.60. The molecule has 17 heavy (non-hydrogen) atoms. The average molecular weight is 234 g/mol. The van der Waals surface area contributed by atoms with Gasteiger partial charge in [-0.1, -0.05) is 37.1 Å². The molecular weight excluding hydrogens is 208 g/mol. The molecule has 2 nitrogen and oxygen atoms in total. The first-order valence-corrected chi connectivity index (χ1v) is 6.56. The van der Waals surface area contributed by atoms with Crippen LogP contribution >= 0.6 is 0 Å². The number of likely N-dealkylation sites (N-methyl/N-ethyl adjacent to an activating group) is 1. The van der Waals surface area contributed by atoms with Gasteiger partial charge in [-0.05, 0) is 45.0 Å². The molecule has 0 amide bonds. The maximum atomic E-state index is 6.28. The van der Waals surface area contributed by atoms with Crippen LogP contribution in [0.1, 0.15) is 42.5 Å². The maximum absolute atomic E-state index is 6.28. The zero-order chi connectivity index (χ0) is 12.8. The number of hydrogen-bond donors (Lipinski definition) is 1. The molecule has 1 rings (SSSR count). The predicted molar refractivity (Wildman–Crippen MR) is 75.2 cm³/mol. The van der Waals surface area contributed by atoms with Crippen molar-refractivity contribution in [3.05, 3.63) is 34.9 Å². The molecule has 0 fully saturated rings. The molecule has 0 aliphatic heterocycles. The third-order valence-corrected chi connectivity index (χ3v) is 3.23. The molecule has 0 heterocycles. The van der Waals surface area contributed by atoms with Gasteiger partial charge in [0, 0.05) is 12.6 Å². The molecular formula is C15H26N2. The highest BCUT2D eigenvalue weighted by molar-refractivity contribution is 5.32. The standard InChI is InChI=1S/C15H26N2/c1-5-6-9-17(4)11-15(16)14-8-7-12(2)10-13(14)3/h7-8,10,15H,5-6,9,11,16H2,1-4H3. The minimum absolute atomic E-state index is 0.123. The first kappa shape index (κ1) is 14.2. The molecule has 1 aromatic rings. The molecule has 2 N–H and O–H groups in total. The van der Waals surface area contributed by atoms with Crippen molar-refractivity contribution in [2.24, 2.45) is 5.73 Å². The highest BCUT2D eigenvalue weighted by Crippen LogP contribution is 2.17. The Morgan fingerprint density at radius 2 is 2.00 bits per heavy atom. The van der Waals surface area contributed by atoms with E-state index < -0.39 is 0 Å². The van der Waals surface area contributed by atoms with E-state index in [9.17, 15) is 0 Å². The van der Waals surface area contributed by atoms with Crippen LogP contribution in [0.25, 0.3) is 0 Å². The zero-order valence-electron chi connectivity index (χ0n) is 11.7. The molecule has 96 valence electrons. The Hall–Kier alpha value is -0.860. The van der Waals surface area contributed by atoms with Crippen molar-refractivity contribution in [1.82, 2.24) is 4.90 Å². The Morgan fingerprint density at radius 1 is 1.29 bits per heavy atom. The molecule has 0 spiro atoms. The van der Waals surface area contributed by atoms with Crippen LogP contribution < -0.4 is 5.73 Å². The lowest BCUT2D eigenvalue weighted by molar-refractivity contribution is 0.307. The second-order valence-electron chi connectivity index (χ2n) is 5.08. The normalized spacial score (nSPS) is 13.1. The van der Waals surface area contributed by atoms with E-state index in [1.54, 1.807) is 0 Å². The number of nitrogens with two attached hydrogens (primary N) is 1. The fourth-order valence-corrected chi connectivity index (χ4v) is 2.20. The fraction of sp³-hybridized carbons (Fsp3) is 0.600. The number of unbranched alkanes of at least 4 members (excludes halogenated alkanes) is 1. The van der Waals surface area contributed by atoms with Crippen molar-refractivity contribution in [3.63, 3.8) is 0 Å². The van der Waals surface area contributed by atoms with Gasteiger partial charge in [-0.25, -0.2) is 0 Å². The summed E-state index contributed by atoms with van der Waals surface area (Å²) in [5, 5.41) is 0. The fourth-order valence-electron chi connectivity index (χ4n) is 2.20. The number of aryl methyl sites for hydroxylation is 2. The van der Waals surface area contributed by atoms with Crippen LogP contribution in [0.2, 0.25) is 0 Å². The van der Waals surface area contributed by atoms with Crippen molar-refractivity contribution in [1.29, 1.82) is 0 Å². The van der Waals surface area contributed by atoms with Gasteiger partial charge in [-0.3, -0.25) is 0 Å². The van der Waals surface area contributed by atoms with E-state index in [0.717, 1.165) is 13.1 Å². The minimum atomic E-state index is 0.123. The summed E-state index contributed by atoms with van der Waals surface area (Å²) in [6.07, 6.45) is 2.49. The van der Waals surface area contributed by atoms with E-state index in [-0.39, 0.29) is 6.04 Å². The van der Waals surface area contributed by atoms with Crippen LogP contribution in [0.15, 0.2) is 18.2 Å². The van der Waals surface area contributed by atoms with E-state index in [1.165, 1.54) is 29.5 Å². The van der Waals surface area contributed by atoms with Crippen molar-refractivity contribution < 1.29 is 0 Å². The third kappa shape index (κ3) is 4.49. The van der Waals surface area contributed by atoms with Crippen LogP contribution in [0.5, 0.6) is 0 Å². The van der Waals surface area contributed by atoms with Crippen LogP contribution in [0.4, 0.5) is 0 Å². The lowest BCUT2D eigenvalue weighted by atomic mass is 9.99. The Kier molecular flexibility index (Phi) is 5.66. The van der Waals surface area contributed by atoms with E-state index in [1.807, 2.05) is 0 Å². The second kappa shape index (κ2) is 6.77. The molecule has 1 unspecified atom stereocenters. The van der Waals surface area contributed by atoms with Gasteiger partial charge in [-0.15, -0.1) is 0 Å². The Labute approximate surface area is 106 Å². The summed E-state index contributed by atoms with van der Waals surface area (Å²) in [6.45, 7) is 8.56. The van der Waals surface area contributed by atoms with E-state index in [2.05, 4.69) is 50.9 Å². The van der Waals surface area contributed by atoms with Crippen molar-refractivity contribution in [3.8, 4) is 0 Å². The summed E-state index contributed by atoms with van der Waals surface area (Å²) < 4.78 is 0. The summed E-state index contributed by atoms with van der Waals surface area (Å²) in [6, 6.07) is 6.65. The largest absolute Gasteiger partial charge is 0.323 e. The van der Waals surface area contributed by atoms with Gasteiger partial charge in [0.15, 0.2) is 0 Å². The molecule has 0 aliphatic rings. The van der Waals surface area contributed by atoms with Gasteiger partial charge in [0.1, 0.15) is 0 Å². The summed E-state index contributed by atoms with van der Waals surface area (Å²) in [7, 11) is 2.15. The molecule has 0 radical (unpaired) electrons. The number of rotatable bonds is 6. The number of benzene rings is 1. The smallest absolute Gasteiger partial charge is 0.0426 e. The molecule has 0 aliphatic carbocycles. The summed E-state index contributed by atoms with van der Waals surface area (Å²) >= 11 is 0. The molecule has 0 saturated heterocycles. The first-order chi connectivity index (χ1) is 8.04. The van der Waals surface area contributed by atoms with Crippen molar-refractivity contribution in [2.45, 2.75) is 39.7 Å². The lowest BCUT2D eigenvalue weighted by Crippen LogP contribution is -2.30. The van der Waals surface area contributed by atoms with Gasteiger partial charge in [0.05, 0.1) is 0 Å². The summed E-state index contributed by atoms with van der Waals surface area (Å²) in [5.74, 6) is 0.